The van der Waals surface area contributed by atoms with E-state index in [2.05, 4.69) is 25.1 Å². The molecule has 3 rings (SSSR count). The molecule has 2 aliphatic carbocycles. The molecule has 1 aromatic rings. The molecule has 1 aromatic carbocycles. The van der Waals surface area contributed by atoms with Gasteiger partial charge in [-0.2, -0.15) is 5.26 Å². The van der Waals surface area contributed by atoms with E-state index >= 15 is 0 Å². The Morgan fingerprint density at radius 3 is 2.50 bits per heavy atom. The Balaban J connectivity index is 1.48. The van der Waals surface area contributed by atoms with Crippen molar-refractivity contribution in [2.24, 2.45) is 11.8 Å². The lowest BCUT2D eigenvalue weighted by Gasteiger charge is -2.42. The zero-order valence-electron chi connectivity index (χ0n) is 15.0. The van der Waals surface area contributed by atoms with E-state index in [1.165, 1.54) is 63.4 Å². The SMILES string of the molecule is CCCCCOC1CCC2CC(c3ccc(C#N)cc3)CCC2C1. The minimum Gasteiger partial charge on any atom is -0.378 e. The van der Waals surface area contributed by atoms with Crippen LogP contribution < -0.4 is 0 Å². The fraction of sp³-hybridized carbons (Fsp3) is 0.682. The standard InChI is InChI=1S/C22H31NO/c1-2-3-4-13-24-22-12-11-20-14-19(9-10-21(20)15-22)18-7-5-17(16-23)6-8-18/h5-8,19-22H,2-4,9-15H2,1H3. The van der Waals surface area contributed by atoms with Crippen molar-refractivity contribution in [1.82, 2.24) is 0 Å². The second-order valence-corrected chi connectivity index (χ2v) is 7.78. The summed E-state index contributed by atoms with van der Waals surface area (Å²) in [7, 11) is 0. The lowest BCUT2D eigenvalue weighted by atomic mass is 9.65. The van der Waals surface area contributed by atoms with Crippen LogP contribution in [-0.2, 0) is 4.74 Å². The van der Waals surface area contributed by atoms with Crippen LogP contribution in [0.3, 0.4) is 0 Å². The first-order valence-electron chi connectivity index (χ1n) is 9.91. The second kappa shape index (κ2) is 8.67. The highest BCUT2D eigenvalue weighted by Gasteiger charge is 2.36. The number of ether oxygens (including phenoxy) is 1. The smallest absolute Gasteiger partial charge is 0.0991 e. The van der Waals surface area contributed by atoms with Crippen molar-refractivity contribution in [3.63, 3.8) is 0 Å². The first-order valence-corrected chi connectivity index (χ1v) is 9.91. The van der Waals surface area contributed by atoms with Crippen LogP contribution in [0.2, 0.25) is 0 Å². The number of unbranched alkanes of at least 4 members (excludes halogenated alkanes) is 2. The molecule has 0 heterocycles. The van der Waals surface area contributed by atoms with Crippen molar-refractivity contribution in [3.05, 3.63) is 35.4 Å². The number of nitrogens with zero attached hydrogens (tertiary/aromatic N) is 1. The van der Waals surface area contributed by atoms with E-state index in [1.54, 1.807) is 0 Å². The topological polar surface area (TPSA) is 33.0 Å². The van der Waals surface area contributed by atoms with Crippen molar-refractivity contribution in [2.75, 3.05) is 6.61 Å². The van der Waals surface area contributed by atoms with Gasteiger partial charge < -0.3 is 4.74 Å². The molecule has 24 heavy (non-hydrogen) atoms. The van der Waals surface area contributed by atoms with Gasteiger partial charge in [-0.1, -0.05) is 31.9 Å². The maximum Gasteiger partial charge on any atom is 0.0991 e. The molecule has 0 radical (unpaired) electrons. The van der Waals surface area contributed by atoms with Crippen LogP contribution in [0, 0.1) is 23.2 Å². The van der Waals surface area contributed by atoms with Gasteiger partial charge >= 0.3 is 0 Å². The summed E-state index contributed by atoms with van der Waals surface area (Å²) < 4.78 is 6.14. The quantitative estimate of drug-likeness (QED) is 0.618. The highest BCUT2D eigenvalue weighted by atomic mass is 16.5. The molecule has 0 spiro atoms. The van der Waals surface area contributed by atoms with Crippen molar-refractivity contribution >= 4 is 0 Å². The molecule has 2 nitrogen and oxygen atoms in total. The number of benzene rings is 1. The fourth-order valence-electron chi connectivity index (χ4n) is 4.73. The molecular formula is C22H31NO. The summed E-state index contributed by atoms with van der Waals surface area (Å²) in [6.07, 6.45) is 12.2. The summed E-state index contributed by atoms with van der Waals surface area (Å²) in [4.78, 5) is 0. The van der Waals surface area contributed by atoms with Gasteiger partial charge in [0.25, 0.3) is 0 Å². The highest BCUT2D eigenvalue weighted by molar-refractivity contribution is 5.33. The average molecular weight is 325 g/mol. The van der Waals surface area contributed by atoms with Crippen LogP contribution in [0.25, 0.3) is 0 Å². The number of hydrogen-bond acceptors (Lipinski definition) is 2. The maximum atomic E-state index is 8.95. The number of nitriles is 1. The summed E-state index contributed by atoms with van der Waals surface area (Å²) in [5, 5.41) is 8.95. The van der Waals surface area contributed by atoms with Crippen LogP contribution in [0.4, 0.5) is 0 Å². The molecule has 0 saturated heterocycles. The monoisotopic (exact) mass is 325 g/mol. The molecular weight excluding hydrogens is 294 g/mol. The molecule has 2 fully saturated rings. The zero-order valence-corrected chi connectivity index (χ0v) is 15.0. The molecule has 2 saturated carbocycles. The molecule has 2 heteroatoms. The molecule has 0 bridgehead atoms. The number of hydrogen-bond donors (Lipinski definition) is 0. The molecule has 2 aliphatic rings. The van der Waals surface area contributed by atoms with Gasteiger partial charge in [0.1, 0.15) is 0 Å². The molecule has 0 aliphatic heterocycles. The van der Waals surface area contributed by atoms with Crippen LogP contribution in [0.5, 0.6) is 0 Å². The first kappa shape index (κ1) is 17.5. The third-order valence-electron chi connectivity index (χ3n) is 6.18. The minimum atomic E-state index is 0.523. The van der Waals surface area contributed by atoms with Gasteiger partial charge in [0, 0.05) is 6.61 Å². The van der Waals surface area contributed by atoms with E-state index in [0.717, 1.165) is 24.0 Å². The summed E-state index contributed by atoms with van der Waals surface area (Å²) in [5.41, 5.74) is 2.21. The molecule has 0 aromatic heterocycles. The van der Waals surface area contributed by atoms with E-state index in [9.17, 15) is 0 Å². The zero-order chi connectivity index (χ0) is 16.8. The lowest BCUT2D eigenvalue weighted by Crippen LogP contribution is -2.33. The Morgan fingerprint density at radius 1 is 1.00 bits per heavy atom. The largest absolute Gasteiger partial charge is 0.378 e. The Hall–Kier alpha value is -1.33. The maximum absolute atomic E-state index is 8.95. The number of fused-ring (bicyclic) bond motifs is 1. The van der Waals surface area contributed by atoms with Gasteiger partial charge in [0.05, 0.1) is 17.7 Å². The van der Waals surface area contributed by atoms with Crippen LogP contribution in [-0.4, -0.2) is 12.7 Å². The van der Waals surface area contributed by atoms with E-state index < -0.39 is 0 Å². The predicted octanol–water partition coefficient (Wildman–Crippen LogP) is 5.82. The average Bonchev–Trinajstić information content (AvgIpc) is 2.65. The third kappa shape index (κ3) is 4.39. The number of rotatable bonds is 6. The third-order valence-corrected chi connectivity index (χ3v) is 6.18. The van der Waals surface area contributed by atoms with Gasteiger partial charge in [-0.05, 0) is 80.4 Å². The predicted molar refractivity (Wildman–Crippen MR) is 97.8 cm³/mol. The van der Waals surface area contributed by atoms with Gasteiger partial charge in [-0.3, -0.25) is 0 Å². The van der Waals surface area contributed by atoms with E-state index in [4.69, 9.17) is 10.00 Å². The molecule has 130 valence electrons. The summed E-state index contributed by atoms with van der Waals surface area (Å²) in [6, 6.07) is 10.5. The summed E-state index contributed by atoms with van der Waals surface area (Å²) in [5.74, 6) is 2.46. The van der Waals surface area contributed by atoms with Gasteiger partial charge in [-0.15, -0.1) is 0 Å². The van der Waals surface area contributed by atoms with Crippen LogP contribution >= 0.6 is 0 Å². The molecule has 4 unspecified atom stereocenters. The van der Waals surface area contributed by atoms with Gasteiger partial charge in [-0.25, -0.2) is 0 Å². The van der Waals surface area contributed by atoms with E-state index in [1.807, 2.05) is 12.1 Å². The summed E-state index contributed by atoms with van der Waals surface area (Å²) in [6.45, 7) is 3.21. The van der Waals surface area contributed by atoms with Crippen molar-refractivity contribution < 1.29 is 4.74 Å². The normalized spacial score (nSPS) is 29.7. The van der Waals surface area contributed by atoms with E-state index in [0.29, 0.717) is 12.0 Å². The van der Waals surface area contributed by atoms with Gasteiger partial charge in [0.2, 0.25) is 0 Å². The molecule has 4 atom stereocenters. The fourth-order valence-corrected chi connectivity index (χ4v) is 4.73. The van der Waals surface area contributed by atoms with E-state index in [-0.39, 0.29) is 0 Å². The minimum absolute atomic E-state index is 0.523. The Labute approximate surface area is 147 Å². The Bertz CT molecular complexity index is 544. The van der Waals surface area contributed by atoms with Crippen molar-refractivity contribution in [2.45, 2.75) is 76.7 Å². The molecule has 0 N–H and O–H groups in total. The molecule has 0 amide bonds. The van der Waals surface area contributed by atoms with Crippen LogP contribution in [0.1, 0.15) is 81.8 Å². The van der Waals surface area contributed by atoms with Crippen LogP contribution in [0.15, 0.2) is 24.3 Å². The van der Waals surface area contributed by atoms with Crippen molar-refractivity contribution in [3.8, 4) is 6.07 Å². The lowest BCUT2D eigenvalue weighted by molar-refractivity contribution is -0.0162. The second-order valence-electron chi connectivity index (χ2n) is 7.78. The summed E-state index contributed by atoms with van der Waals surface area (Å²) >= 11 is 0. The Kier molecular flexibility index (Phi) is 6.32. The van der Waals surface area contributed by atoms with Gasteiger partial charge in [0.15, 0.2) is 0 Å². The Morgan fingerprint density at radius 2 is 1.75 bits per heavy atom. The highest BCUT2D eigenvalue weighted by Crippen LogP contribution is 2.46. The van der Waals surface area contributed by atoms with Crippen molar-refractivity contribution in [1.29, 1.82) is 5.26 Å². The first-order chi connectivity index (χ1) is 11.8.